The van der Waals surface area contributed by atoms with E-state index in [0.717, 1.165) is 0 Å². The van der Waals surface area contributed by atoms with Crippen molar-refractivity contribution in [1.29, 1.82) is 0 Å². The fourth-order valence-electron chi connectivity index (χ4n) is 3.60. The first-order valence-corrected chi connectivity index (χ1v) is 10.3. The summed E-state index contributed by atoms with van der Waals surface area (Å²) in [5.74, 6) is -3.02. The van der Waals surface area contributed by atoms with Crippen molar-refractivity contribution in [3.05, 3.63) is 62.5 Å². The number of non-ortho nitro benzene ring substituents is 1. The second kappa shape index (κ2) is 12.0. The van der Waals surface area contributed by atoms with E-state index in [1.54, 1.807) is 6.07 Å². The fourth-order valence-corrected chi connectivity index (χ4v) is 3.60. The molecule has 32 heavy (non-hydrogen) atoms. The molecule has 0 fully saturated rings. The van der Waals surface area contributed by atoms with Crippen molar-refractivity contribution in [2.75, 3.05) is 33.5 Å². The number of esters is 1. The minimum atomic E-state index is -1.24. The van der Waals surface area contributed by atoms with Gasteiger partial charge in [-0.3, -0.25) is 10.1 Å². The van der Waals surface area contributed by atoms with Crippen LogP contribution in [0.1, 0.15) is 38.2 Å². The van der Waals surface area contributed by atoms with E-state index in [2.05, 4.69) is 5.32 Å². The van der Waals surface area contributed by atoms with Crippen molar-refractivity contribution in [3.8, 4) is 0 Å². The molecular weight excluding hydrogens is 420 g/mol. The van der Waals surface area contributed by atoms with Crippen molar-refractivity contribution in [1.82, 2.24) is 5.32 Å². The maximum absolute atomic E-state index is 12.8. The number of carbonyl (C=O) groups is 2. The quantitative estimate of drug-likeness (QED) is 0.214. The molecule has 1 unspecified atom stereocenters. The van der Waals surface area contributed by atoms with Gasteiger partial charge in [0.2, 0.25) is 0 Å². The van der Waals surface area contributed by atoms with Crippen LogP contribution in [0.25, 0.3) is 0 Å². The average molecular weight is 448 g/mol. The van der Waals surface area contributed by atoms with Gasteiger partial charge in [0, 0.05) is 49.6 Å². The van der Waals surface area contributed by atoms with Crippen LogP contribution >= 0.6 is 0 Å². The monoisotopic (exact) mass is 448 g/mol. The lowest BCUT2D eigenvalue weighted by molar-refractivity contribution is -0.384. The Labute approximate surface area is 186 Å². The molecule has 1 heterocycles. The number of hydrogen-bond acceptors (Lipinski definition) is 8. The van der Waals surface area contributed by atoms with Gasteiger partial charge >= 0.3 is 11.9 Å². The van der Waals surface area contributed by atoms with Crippen molar-refractivity contribution in [2.45, 2.75) is 32.6 Å². The molecule has 0 aliphatic carbocycles. The summed E-state index contributed by atoms with van der Waals surface area (Å²) in [7, 11) is 1.20. The van der Waals surface area contributed by atoms with E-state index in [0.29, 0.717) is 43.2 Å². The number of aliphatic carboxylic acids is 1. The fraction of sp³-hybridized carbons (Fsp3) is 0.455. The van der Waals surface area contributed by atoms with E-state index in [1.807, 2.05) is 13.8 Å². The predicted octanol–water partition coefficient (Wildman–Crippen LogP) is 2.90. The number of nitrogens with zero attached hydrogens (tertiary/aromatic N) is 1. The number of dihydropyridines is 1. The van der Waals surface area contributed by atoms with E-state index in [4.69, 9.17) is 14.2 Å². The minimum Gasteiger partial charge on any atom is -0.478 e. The molecule has 174 valence electrons. The first kappa shape index (κ1) is 25.0. The summed E-state index contributed by atoms with van der Waals surface area (Å²) < 4.78 is 15.8. The topological polar surface area (TPSA) is 137 Å². The first-order valence-electron chi connectivity index (χ1n) is 10.3. The smallest absolute Gasteiger partial charge is 0.336 e. The normalized spacial score (nSPS) is 16.0. The van der Waals surface area contributed by atoms with Crippen LogP contribution in [0, 0.1) is 10.1 Å². The molecule has 10 nitrogen and oxygen atoms in total. The minimum absolute atomic E-state index is 0.0780. The zero-order valence-corrected chi connectivity index (χ0v) is 18.4. The Morgan fingerprint density at radius 2 is 1.69 bits per heavy atom. The molecule has 1 aliphatic rings. The van der Waals surface area contributed by atoms with E-state index in [9.17, 15) is 24.8 Å². The second-order valence-electron chi connectivity index (χ2n) is 6.89. The number of ether oxygens (including phenoxy) is 3. The lowest BCUT2D eigenvalue weighted by Crippen LogP contribution is -2.34. The Morgan fingerprint density at radius 1 is 1.09 bits per heavy atom. The van der Waals surface area contributed by atoms with Crippen molar-refractivity contribution >= 4 is 17.6 Å². The van der Waals surface area contributed by atoms with Gasteiger partial charge in [-0.15, -0.1) is 0 Å². The molecule has 0 radical (unpaired) electrons. The number of nitro groups is 1. The first-order chi connectivity index (χ1) is 15.3. The summed E-state index contributed by atoms with van der Waals surface area (Å²) in [5, 5.41) is 24.5. The maximum atomic E-state index is 12.8. The summed E-state index contributed by atoms with van der Waals surface area (Å²) in [6, 6.07) is 5.61. The number of carbonyl (C=O) groups excluding carboxylic acids is 1. The molecular formula is C22H28N2O8. The molecule has 0 saturated carbocycles. The predicted molar refractivity (Wildman–Crippen MR) is 115 cm³/mol. The Morgan fingerprint density at radius 3 is 2.19 bits per heavy atom. The summed E-state index contributed by atoms with van der Waals surface area (Å²) in [6.45, 7) is 5.17. The highest BCUT2D eigenvalue weighted by molar-refractivity contribution is 5.99. The average Bonchev–Trinajstić information content (AvgIpc) is 2.78. The molecule has 1 aliphatic heterocycles. The third-order valence-electron chi connectivity index (χ3n) is 4.98. The summed E-state index contributed by atoms with van der Waals surface area (Å²) >= 11 is 0. The Hall–Kier alpha value is -3.24. The maximum Gasteiger partial charge on any atom is 0.336 e. The standard InChI is InChI=1S/C22H28N2O8/c1-4-31-11-9-16-19(21(25)26)18(14-7-6-8-15(13-14)24(28)29)20(22(27)30-3)17(23-16)10-12-32-5-2/h6-8,13,18,23H,4-5,9-12H2,1-3H3,(H,25,26). The van der Waals surface area contributed by atoms with Crippen LogP contribution in [-0.2, 0) is 23.8 Å². The van der Waals surface area contributed by atoms with Gasteiger partial charge in [0.25, 0.3) is 5.69 Å². The van der Waals surface area contributed by atoms with E-state index in [-0.39, 0.29) is 29.9 Å². The Balaban J connectivity index is 2.71. The molecule has 0 spiro atoms. The van der Waals surface area contributed by atoms with Gasteiger partial charge in [-0.1, -0.05) is 12.1 Å². The highest BCUT2D eigenvalue weighted by Crippen LogP contribution is 2.41. The summed E-state index contributed by atoms with van der Waals surface area (Å²) in [6.07, 6.45) is 0.558. The second-order valence-corrected chi connectivity index (χ2v) is 6.89. The molecule has 0 amide bonds. The van der Waals surface area contributed by atoms with Crippen molar-refractivity contribution in [3.63, 3.8) is 0 Å². The van der Waals surface area contributed by atoms with Gasteiger partial charge in [0.15, 0.2) is 0 Å². The van der Waals surface area contributed by atoms with Crippen LogP contribution in [-0.4, -0.2) is 55.5 Å². The van der Waals surface area contributed by atoms with Crippen LogP contribution in [0.2, 0.25) is 0 Å². The van der Waals surface area contributed by atoms with Crippen LogP contribution < -0.4 is 5.32 Å². The molecule has 1 aromatic rings. The van der Waals surface area contributed by atoms with Crippen LogP contribution in [0.3, 0.4) is 0 Å². The lowest BCUT2D eigenvalue weighted by atomic mass is 9.79. The molecule has 2 N–H and O–H groups in total. The molecule has 1 aromatic carbocycles. The van der Waals surface area contributed by atoms with Crippen molar-refractivity contribution < 1.29 is 33.8 Å². The highest BCUT2D eigenvalue weighted by atomic mass is 16.6. The van der Waals surface area contributed by atoms with Crippen molar-refractivity contribution in [2.24, 2.45) is 0 Å². The zero-order chi connectivity index (χ0) is 23.7. The molecule has 10 heteroatoms. The number of methoxy groups -OCH3 is 1. The van der Waals surface area contributed by atoms with Gasteiger partial charge < -0.3 is 24.6 Å². The number of benzene rings is 1. The number of nitro benzene ring substituents is 1. The molecule has 0 aromatic heterocycles. The van der Waals surface area contributed by atoms with E-state index in [1.165, 1.54) is 25.3 Å². The summed E-state index contributed by atoms with van der Waals surface area (Å²) in [5.41, 5.74) is 0.943. The Bertz CT molecular complexity index is 922. The number of nitrogens with one attached hydrogen (secondary N) is 1. The highest BCUT2D eigenvalue weighted by Gasteiger charge is 2.39. The molecule has 2 rings (SSSR count). The third kappa shape index (κ3) is 5.92. The van der Waals surface area contributed by atoms with Gasteiger partial charge in [-0.2, -0.15) is 0 Å². The number of carboxylic acid groups (broad SMARTS) is 1. The van der Waals surface area contributed by atoms with E-state index < -0.39 is 22.8 Å². The zero-order valence-electron chi connectivity index (χ0n) is 18.4. The van der Waals surface area contributed by atoms with Gasteiger partial charge in [0.1, 0.15) is 0 Å². The van der Waals surface area contributed by atoms with Gasteiger partial charge in [0.05, 0.1) is 42.3 Å². The van der Waals surface area contributed by atoms with Crippen LogP contribution in [0.5, 0.6) is 0 Å². The number of carboxylic acids is 1. The SMILES string of the molecule is CCOCCC1=C(C(=O)O)C(c2cccc([N+](=O)[O-])c2)C(C(=O)OC)=C(CCOCC)N1. The molecule has 0 saturated heterocycles. The largest absolute Gasteiger partial charge is 0.478 e. The summed E-state index contributed by atoms with van der Waals surface area (Å²) in [4.78, 5) is 35.9. The lowest BCUT2D eigenvalue weighted by Gasteiger charge is -2.32. The van der Waals surface area contributed by atoms with Gasteiger partial charge in [-0.05, 0) is 19.4 Å². The molecule has 1 atom stereocenters. The van der Waals surface area contributed by atoms with E-state index >= 15 is 0 Å². The van der Waals surface area contributed by atoms with Gasteiger partial charge in [-0.25, -0.2) is 9.59 Å². The number of rotatable bonds is 12. The van der Waals surface area contributed by atoms with Crippen LogP contribution in [0.15, 0.2) is 46.8 Å². The molecule has 0 bridgehead atoms. The number of hydrogen-bond donors (Lipinski definition) is 2. The Kier molecular flexibility index (Phi) is 9.36. The third-order valence-corrected chi connectivity index (χ3v) is 4.98. The van der Waals surface area contributed by atoms with Crippen LogP contribution in [0.4, 0.5) is 5.69 Å².